The summed E-state index contributed by atoms with van der Waals surface area (Å²) in [6, 6.07) is 8.67. The average molecular weight is 264 g/mol. The van der Waals surface area contributed by atoms with Gasteiger partial charge in [-0.1, -0.05) is 32.0 Å². The van der Waals surface area contributed by atoms with Crippen molar-refractivity contribution in [1.29, 1.82) is 0 Å². The number of hydrogen-bond donors (Lipinski definition) is 1. The first-order valence-electron chi connectivity index (χ1n) is 7.36. The smallest absolute Gasteiger partial charge is 0.124 e. The van der Waals surface area contributed by atoms with Gasteiger partial charge in [-0.15, -0.1) is 0 Å². The summed E-state index contributed by atoms with van der Waals surface area (Å²) >= 11 is 0. The first kappa shape index (κ1) is 16.0. The Labute approximate surface area is 118 Å². The molecule has 0 aliphatic carbocycles. The molecule has 0 bridgehead atoms. The number of likely N-dealkylation sites (N-methyl/N-ethyl adjacent to an activating group) is 2. The van der Waals surface area contributed by atoms with E-state index in [1.165, 1.54) is 12.0 Å². The summed E-state index contributed by atoms with van der Waals surface area (Å²) in [5.74, 6) is 1.00. The Morgan fingerprint density at radius 1 is 1.21 bits per heavy atom. The molecule has 1 rings (SSSR count). The van der Waals surface area contributed by atoms with Gasteiger partial charge in [0.15, 0.2) is 0 Å². The van der Waals surface area contributed by atoms with Crippen LogP contribution < -0.4 is 10.1 Å². The Morgan fingerprint density at radius 2 is 1.95 bits per heavy atom. The van der Waals surface area contributed by atoms with Crippen LogP contribution in [0.1, 0.15) is 38.8 Å². The lowest BCUT2D eigenvalue weighted by Crippen LogP contribution is -2.33. The summed E-state index contributed by atoms with van der Waals surface area (Å²) in [6.45, 7) is 10.2. The Kier molecular flexibility index (Phi) is 7.53. The van der Waals surface area contributed by atoms with Gasteiger partial charge in [-0.3, -0.25) is 0 Å². The summed E-state index contributed by atoms with van der Waals surface area (Å²) in [7, 11) is 2.18. The zero-order valence-corrected chi connectivity index (χ0v) is 12.8. The Bertz CT molecular complexity index is 354. The van der Waals surface area contributed by atoms with Gasteiger partial charge in [-0.2, -0.15) is 0 Å². The Hall–Kier alpha value is -1.06. The average Bonchev–Trinajstić information content (AvgIpc) is 2.39. The van der Waals surface area contributed by atoms with E-state index in [9.17, 15) is 0 Å². The van der Waals surface area contributed by atoms with E-state index in [4.69, 9.17) is 4.74 Å². The van der Waals surface area contributed by atoms with E-state index in [-0.39, 0.29) is 0 Å². The monoisotopic (exact) mass is 264 g/mol. The molecule has 0 spiro atoms. The van der Waals surface area contributed by atoms with Crippen LogP contribution in [0, 0.1) is 0 Å². The van der Waals surface area contributed by atoms with Crippen molar-refractivity contribution in [2.45, 2.75) is 33.2 Å². The second kappa shape index (κ2) is 8.94. The van der Waals surface area contributed by atoms with E-state index in [2.05, 4.69) is 49.3 Å². The molecule has 3 heteroatoms. The van der Waals surface area contributed by atoms with E-state index >= 15 is 0 Å². The lowest BCUT2D eigenvalue weighted by Gasteiger charge is -2.26. The van der Waals surface area contributed by atoms with Gasteiger partial charge in [0.25, 0.3) is 0 Å². The summed E-state index contributed by atoms with van der Waals surface area (Å²) in [5.41, 5.74) is 1.26. The molecule has 19 heavy (non-hydrogen) atoms. The highest BCUT2D eigenvalue weighted by Crippen LogP contribution is 2.25. The number of para-hydroxylation sites is 1. The molecule has 1 N–H and O–H groups in total. The third kappa shape index (κ3) is 5.21. The third-order valence-corrected chi connectivity index (χ3v) is 3.14. The van der Waals surface area contributed by atoms with Gasteiger partial charge in [0.2, 0.25) is 0 Å². The molecular weight excluding hydrogens is 236 g/mol. The van der Waals surface area contributed by atoms with E-state index in [0.717, 1.165) is 25.4 Å². The first-order chi connectivity index (χ1) is 9.22. The highest BCUT2D eigenvalue weighted by atomic mass is 16.5. The summed E-state index contributed by atoms with van der Waals surface area (Å²) in [6.07, 6.45) is 1.18. The molecule has 108 valence electrons. The molecule has 0 aliphatic rings. The van der Waals surface area contributed by atoms with Crippen molar-refractivity contribution in [3.05, 3.63) is 29.8 Å². The zero-order chi connectivity index (χ0) is 14.1. The maximum atomic E-state index is 5.75. The molecule has 0 saturated heterocycles. The van der Waals surface area contributed by atoms with Crippen LogP contribution in [0.25, 0.3) is 0 Å². The molecular formula is C16H28N2O. The molecule has 0 saturated carbocycles. The molecule has 0 radical (unpaired) electrons. The maximum absolute atomic E-state index is 5.75. The minimum absolute atomic E-state index is 0.323. The molecule has 1 aromatic rings. The number of rotatable bonds is 9. The normalized spacial score (nSPS) is 12.7. The quantitative estimate of drug-likeness (QED) is 0.742. The van der Waals surface area contributed by atoms with Crippen LogP contribution in [0.5, 0.6) is 5.75 Å². The highest BCUT2D eigenvalue weighted by molar-refractivity contribution is 5.36. The third-order valence-electron chi connectivity index (χ3n) is 3.14. The minimum Gasteiger partial charge on any atom is -0.494 e. The Morgan fingerprint density at radius 3 is 2.58 bits per heavy atom. The van der Waals surface area contributed by atoms with E-state index in [0.29, 0.717) is 12.6 Å². The van der Waals surface area contributed by atoms with Crippen molar-refractivity contribution < 1.29 is 4.74 Å². The van der Waals surface area contributed by atoms with Crippen LogP contribution in [0.2, 0.25) is 0 Å². The van der Waals surface area contributed by atoms with Crippen molar-refractivity contribution in [3.63, 3.8) is 0 Å². The van der Waals surface area contributed by atoms with Gasteiger partial charge in [-0.25, -0.2) is 0 Å². The van der Waals surface area contributed by atoms with Crippen LogP contribution in [0.15, 0.2) is 24.3 Å². The van der Waals surface area contributed by atoms with Crippen LogP contribution in [0.3, 0.4) is 0 Å². The fraction of sp³-hybridized carbons (Fsp3) is 0.625. The van der Waals surface area contributed by atoms with Crippen LogP contribution in [-0.2, 0) is 0 Å². The van der Waals surface area contributed by atoms with Gasteiger partial charge in [0.05, 0.1) is 6.61 Å². The molecule has 0 fully saturated rings. The van der Waals surface area contributed by atoms with Gasteiger partial charge in [-0.05, 0) is 39.5 Å². The topological polar surface area (TPSA) is 24.5 Å². The van der Waals surface area contributed by atoms with Crippen LogP contribution in [0.4, 0.5) is 0 Å². The SMILES string of the molecule is CCCN(C)CC(NCC)c1ccccc1OCC. The zero-order valence-electron chi connectivity index (χ0n) is 12.8. The van der Waals surface area contributed by atoms with Gasteiger partial charge < -0.3 is 15.0 Å². The fourth-order valence-corrected chi connectivity index (χ4v) is 2.36. The standard InChI is InChI=1S/C16H28N2O/c1-5-12-18(4)13-15(17-6-2)14-10-8-9-11-16(14)19-7-3/h8-11,15,17H,5-7,12-13H2,1-4H3. The molecule has 1 aromatic carbocycles. The van der Waals surface area contributed by atoms with Crippen molar-refractivity contribution in [3.8, 4) is 5.75 Å². The van der Waals surface area contributed by atoms with E-state index in [1.807, 2.05) is 13.0 Å². The van der Waals surface area contributed by atoms with E-state index in [1.54, 1.807) is 0 Å². The minimum atomic E-state index is 0.323. The largest absolute Gasteiger partial charge is 0.494 e. The summed E-state index contributed by atoms with van der Waals surface area (Å²) < 4.78 is 5.75. The maximum Gasteiger partial charge on any atom is 0.124 e. The number of ether oxygens (including phenoxy) is 1. The predicted molar refractivity (Wildman–Crippen MR) is 81.8 cm³/mol. The van der Waals surface area contributed by atoms with Crippen molar-refractivity contribution >= 4 is 0 Å². The second-order valence-corrected chi connectivity index (χ2v) is 4.84. The number of nitrogens with zero attached hydrogens (tertiary/aromatic N) is 1. The fourth-order valence-electron chi connectivity index (χ4n) is 2.36. The molecule has 0 amide bonds. The lowest BCUT2D eigenvalue weighted by atomic mass is 10.0. The van der Waals surface area contributed by atoms with Gasteiger partial charge >= 0.3 is 0 Å². The molecule has 1 unspecified atom stereocenters. The molecule has 0 aromatic heterocycles. The molecule has 1 atom stereocenters. The van der Waals surface area contributed by atoms with Crippen LogP contribution in [-0.4, -0.2) is 38.2 Å². The molecule has 0 aliphatic heterocycles. The summed E-state index contributed by atoms with van der Waals surface area (Å²) in [4.78, 5) is 2.37. The van der Waals surface area contributed by atoms with Gasteiger partial charge in [0, 0.05) is 18.2 Å². The highest BCUT2D eigenvalue weighted by Gasteiger charge is 2.16. The summed E-state index contributed by atoms with van der Waals surface area (Å²) in [5, 5.41) is 3.57. The van der Waals surface area contributed by atoms with Crippen molar-refractivity contribution in [1.82, 2.24) is 10.2 Å². The van der Waals surface area contributed by atoms with Gasteiger partial charge in [0.1, 0.15) is 5.75 Å². The number of hydrogen-bond acceptors (Lipinski definition) is 3. The van der Waals surface area contributed by atoms with Crippen molar-refractivity contribution in [2.24, 2.45) is 0 Å². The second-order valence-electron chi connectivity index (χ2n) is 4.84. The van der Waals surface area contributed by atoms with Crippen LogP contribution >= 0.6 is 0 Å². The van der Waals surface area contributed by atoms with E-state index < -0.39 is 0 Å². The molecule has 0 heterocycles. The first-order valence-corrected chi connectivity index (χ1v) is 7.36. The Balaban J connectivity index is 2.85. The predicted octanol–water partition coefficient (Wildman–Crippen LogP) is 3.08. The number of benzene rings is 1. The number of nitrogens with one attached hydrogen (secondary N) is 1. The molecule has 3 nitrogen and oxygen atoms in total. The lowest BCUT2D eigenvalue weighted by molar-refractivity contribution is 0.282. The van der Waals surface area contributed by atoms with Crippen molar-refractivity contribution in [2.75, 3.05) is 33.3 Å².